The Hall–Kier alpha value is -4.60. The zero-order valence-electron chi connectivity index (χ0n) is 26.9. The van der Waals surface area contributed by atoms with Crippen molar-refractivity contribution in [3.05, 3.63) is 120 Å². The van der Waals surface area contributed by atoms with Crippen molar-refractivity contribution in [1.82, 2.24) is 15.0 Å². The molecule has 0 spiro atoms. The van der Waals surface area contributed by atoms with Gasteiger partial charge < -0.3 is 20.0 Å². The molecule has 1 aromatic heterocycles. The van der Waals surface area contributed by atoms with Gasteiger partial charge in [-0.2, -0.15) is 0 Å². The number of aliphatic hydroxyl groups is 2. The summed E-state index contributed by atoms with van der Waals surface area (Å²) in [6.45, 7) is 3.30. The van der Waals surface area contributed by atoms with E-state index >= 15 is 0 Å². The van der Waals surface area contributed by atoms with Gasteiger partial charge in [-0.05, 0) is 48.6 Å². The highest BCUT2D eigenvalue weighted by atomic mass is 16.3. The Morgan fingerprint density at radius 2 is 1.70 bits per heavy atom. The number of anilines is 2. The van der Waals surface area contributed by atoms with Crippen molar-refractivity contribution >= 4 is 23.2 Å². The first-order valence-electron chi connectivity index (χ1n) is 16.7. The summed E-state index contributed by atoms with van der Waals surface area (Å²) < 4.78 is 1.75. The predicted molar refractivity (Wildman–Crippen MR) is 182 cm³/mol. The number of aromatic nitrogens is 3. The van der Waals surface area contributed by atoms with Crippen LogP contribution in [0.1, 0.15) is 73.8 Å². The molecular formula is C38H43N5O4. The average molecular weight is 634 g/mol. The number of rotatable bonds is 11. The lowest BCUT2D eigenvalue weighted by molar-refractivity contribution is -0.139. The summed E-state index contributed by atoms with van der Waals surface area (Å²) in [5.74, 6) is -1.09. The molecule has 1 saturated heterocycles. The summed E-state index contributed by atoms with van der Waals surface area (Å²) >= 11 is 0. The van der Waals surface area contributed by atoms with Crippen molar-refractivity contribution < 1.29 is 19.8 Å². The molecule has 2 aliphatic heterocycles. The van der Waals surface area contributed by atoms with Crippen LogP contribution < -0.4 is 9.80 Å². The van der Waals surface area contributed by atoms with Crippen LogP contribution in [0.2, 0.25) is 0 Å². The van der Waals surface area contributed by atoms with E-state index in [0.29, 0.717) is 49.4 Å². The molecule has 2 amide bonds. The maximum Gasteiger partial charge on any atom is 0.264 e. The van der Waals surface area contributed by atoms with Crippen LogP contribution in [0, 0.1) is 5.92 Å². The molecule has 2 aliphatic rings. The van der Waals surface area contributed by atoms with Crippen molar-refractivity contribution in [3.63, 3.8) is 0 Å². The third kappa shape index (κ3) is 6.77. The molecule has 0 aliphatic carbocycles. The second-order valence-corrected chi connectivity index (χ2v) is 12.6. The highest BCUT2D eigenvalue weighted by molar-refractivity contribution is 6.08. The van der Waals surface area contributed by atoms with E-state index in [2.05, 4.69) is 10.3 Å². The van der Waals surface area contributed by atoms with E-state index in [1.54, 1.807) is 9.58 Å². The molecule has 3 aromatic carbocycles. The van der Waals surface area contributed by atoms with Gasteiger partial charge in [0.05, 0.1) is 30.5 Å². The van der Waals surface area contributed by atoms with Crippen LogP contribution in [-0.4, -0.2) is 50.2 Å². The topological polar surface area (TPSA) is 112 Å². The molecule has 1 unspecified atom stereocenters. The first kappa shape index (κ1) is 32.3. The SMILES string of the molecule is C[C@H](/C=C/CCn1cc(C(CO)c2ccccc2)nn1)[C@@]1(O)C(=O)N(Cc2ccccc2)c2ccc(N3CCCCCCC3=O)cc21. The smallest absolute Gasteiger partial charge is 0.264 e. The number of allylic oxidation sites excluding steroid dienone is 1. The molecule has 1 fully saturated rings. The number of nitrogens with zero attached hydrogens (tertiary/aromatic N) is 5. The number of fused-ring (bicyclic) bond motifs is 1. The molecule has 47 heavy (non-hydrogen) atoms. The van der Waals surface area contributed by atoms with Crippen LogP contribution in [0.25, 0.3) is 0 Å². The third-order valence-electron chi connectivity index (χ3n) is 9.48. The Kier molecular flexibility index (Phi) is 9.94. The molecule has 0 bridgehead atoms. The Morgan fingerprint density at radius 3 is 2.47 bits per heavy atom. The van der Waals surface area contributed by atoms with Crippen molar-refractivity contribution in [1.29, 1.82) is 0 Å². The number of carbonyl (C=O) groups excluding carboxylic acids is 2. The van der Waals surface area contributed by atoms with E-state index < -0.39 is 11.5 Å². The Labute approximate surface area is 276 Å². The fourth-order valence-corrected chi connectivity index (χ4v) is 6.74. The fraction of sp³-hybridized carbons (Fsp3) is 0.368. The quantitative estimate of drug-likeness (QED) is 0.205. The van der Waals surface area contributed by atoms with Gasteiger partial charge in [0.25, 0.3) is 5.91 Å². The predicted octanol–water partition coefficient (Wildman–Crippen LogP) is 5.72. The van der Waals surface area contributed by atoms with Crippen LogP contribution in [0.15, 0.2) is 97.2 Å². The minimum Gasteiger partial charge on any atom is -0.395 e. The van der Waals surface area contributed by atoms with E-state index in [1.165, 1.54) is 0 Å². The summed E-state index contributed by atoms with van der Waals surface area (Å²) in [6.07, 6.45) is 10.7. The number of carbonyl (C=O) groups is 2. The lowest BCUT2D eigenvalue weighted by Crippen LogP contribution is -2.44. The van der Waals surface area contributed by atoms with Crippen molar-refractivity contribution in [2.45, 2.75) is 70.1 Å². The lowest BCUT2D eigenvalue weighted by atomic mass is 9.82. The average Bonchev–Trinajstić information content (AvgIpc) is 3.63. The number of benzene rings is 3. The summed E-state index contributed by atoms with van der Waals surface area (Å²) in [7, 11) is 0. The molecule has 9 heteroatoms. The van der Waals surface area contributed by atoms with Gasteiger partial charge in [-0.1, -0.05) is 97.8 Å². The molecule has 3 atom stereocenters. The molecule has 2 N–H and O–H groups in total. The van der Waals surface area contributed by atoms with Crippen LogP contribution in [0.4, 0.5) is 11.4 Å². The van der Waals surface area contributed by atoms with Crippen molar-refractivity contribution in [3.8, 4) is 0 Å². The second-order valence-electron chi connectivity index (χ2n) is 12.6. The summed E-state index contributed by atoms with van der Waals surface area (Å²) in [4.78, 5) is 30.7. The molecule has 0 radical (unpaired) electrons. The van der Waals surface area contributed by atoms with Crippen LogP contribution in [0.3, 0.4) is 0 Å². The van der Waals surface area contributed by atoms with Crippen LogP contribution in [0.5, 0.6) is 0 Å². The van der Waals surface area contributed by atoms with E-state index in [0.717, 1.165) is 42.5 Å². The largest absolute Gasteiger partial charge is 0.395 e. The second kappa shape index (κ2) is 14.4. The lowest BCUT2D eigenvalue weighted by Gasteiger charge is -2.29. The van der Waals surface area contributed by atoms with Crippen LogP contribution >= 0.6 is 0 Å². The number of hydrogen-bond acceptors (Lipinski definition) is 6. The van der Waals surface area contributed by atoms with Crippen LogP contribution in [-0.2, 0) is 28.3 Å². The standard InChI is InChI=1S/C38H43N5O4/c1-28(14-11-13-22-41-26-34(39-40-41)32(27-44)30-17-8-5-9-18-30)38(47)33-24-31(42-23-12-3-2-10-19-36(42)45)20-21-35(33)43(37(38)46)25-29-15-6-4-7-16-29/h4-9,11,14-18,20-21,24,26,28,32,44,47H,2-3,10,12-13,19,22-23,25,27H2,1H3/b14-11+/t28-,32?,38+/m1/s1. The minimum atomic E-state index is -1.80. The maximum atomic E-state index is 14.2. The van der Waals surface area contributed by atoms with Gasteiger partial charge in [0.2, 0.25) is 5.91 Å². The molecule has 0 saturated carbocycles. The van der Waals surface area contributed by atoms with Gasteiger partial charge in [0.15, 0.2) is 5.60 Å². The summed E-state index contributed by atoms with van der Waals surface area (Å²) in [5, 5.41) is 30.9. The van der Waals surface area contributed by atoms with E-state index in [4.69, 9.17) is 0 Å². The molecule has 3 heterocycles. The summed E-state index contributed by atoms with van der Waals surface area (Å²) in [5.41, 5.74) is 2.75. The molecule has 9 nitrogen and oxygen atoms in total. The van der Waals surface area contributed by atoms with Gasteiger partial charge >= 0.3 is 0 Å². The Bertz CT molecular complexity index is 1710. The molecule has 6 rings (SSSR count). The van der Waals surface area contributed by atoms with Gasteiger partial charge in [0, 0.05) is 42.9 Å². The molecule has 244 valence electrons. The Morgan fingerprint density at radius 1 is 0.957 bits per heavy atom. The van der Waals surface area contributed by atoms with Gasteiger partial charge in [-0.25, -0.2) is 0 Å². The highest BCUT2D eigenvalue weighted by Gasteiger charge is 2.52. The van der Waals surface area contributed by atoms with E-state index in [-0.39, 0.29) is 24.3 Å². The van der Waals surface area contributed by atoms with Gasteiger partial charge in [-0.15, -0.1) is 5.10 Å². The van der Waals surface area contributed by atoms with Crippen molar-refractivity contribution in [2.24, 2.45) is 5.92 Å². The molecule has 4 aromatic rings. The first-order chi connectivity index (χ1) is 22.9. The number of aliphatic hydroxyl groups excluding tert-OH is 1. The first-order valence-corrected chi connectivity index (χ1v) is 16.7. The number of amides is 2. The third-order valence-corrected chi connectivity index (χ3v) is 9.48. The summed E-state index contributed by atoms with van der Waals surface area (Å²) in [6, 6.07) is 25.1. The van der Waals surface area contributed by atoms with Crippen molar-refractivity contribution in [2.75, 3.05) is 23.0 Å². The minimum absolute atomic E-state index is 0.0663. The normalized spacial score (nSPS) is 19.9. The number of aryl methyl sites for hydroxylation is 1. The highest BCUT2D eigenvalue weighted by Crippen LogP contribution is 2.47. The van der Waals surface area contributed by atoms with E-state index in [9.17, 15) is 19.8 Å². The Balaban J connectivity index is 1.22. The van der Waals surface area contributed by atoms with Gasteiger partial charge in [0.1, 0.15) is 0 Å². The van der Waals surface area contributed by atoms with E-state index in [1.807, 2.05) is 109 Å². The molecular weight excluding hydrogens is 590 g/mol. The monoisotopic (exact) mass is 633 g/mol. The zero-order valence-corrected chi connectivity index (χ0v) is 26.9. The maximum absolute atomic E-state index is 14.2. The van der Waals surface area contributed by atoms with Gasteiger partial charge in [-0.3, -0.25) is 14.3 Å². The number of hydrogen-bond donors (Lipinski definition) is 2. The fourth-order valence-electron chi connectivity index (χ4n) is 6.74. The zero-order chi connectivity index (χ0) is 32.8.